The Morgan fingerprint density at radius 2 is 2.10 bits per heavy atom. The lowest BCUT2D eigenvalue weighted by molar-refractivity contribution is 0.423. The molecule has 7 heteroatoms. The summed E-state index contributed by atoms with van der Waals surface area (Å²) in [5.41, 5.74) is 0.346. The van der Waals surface area contributed by atoms with Crippen LogP contribution in [0.1, 0.15) is 31.2 Å². The van der Waals surface area contributed by atoms with Crippen molar-refractivity contribution in [3.05, 3.63) is 28.8 Å². The molecule has 0 heterocycles. The van der Waals surface area contributed by atoms with Crippen LogP contribution in [0, 0.1) is 11.3 Å². The first kappa shape index (κ1) is 16.6. The number of nitrogens with one attached hydrogen (secondary N) is 1. The summed E-state index contributed by atoms with van der Waals surface area (Å²) in [6.45, 7) is 0. The number of sulfonamides is 1. The third kappa shape index (κ3) is 3.92. The number of benzene rings is 1. The summed E-state index contributed by atoms with van der Waals surface area (Å²) in [5.74, 6) is 0. The van der Waals surface area contributed by atoms with Crippen LogP contribution in [0.3, 0.4) is 0 Å². The molecule has 0 radical (unpaired) electrons. The molecular weight excluding hydrogens is 328 g/mol. The maximum absolute atomic E-state index is 12.5. The van der Waals surface area contributed by atoms with Gasteiger partial charge in [0.25, 0.3) is 0 Å². The lowest BCUT2D eigenvalue weighted by Gasteiger charge is -2.30. The number of nitrogens with zero attached hydrogens (tertiary/aromatic N) is 1. The maximum atomic E-state index is 12.5. The lowest BCUT2D eigenvalue weighted by atomic mass is 9.96. The van der Waals surface area contributed by atoms with Gasteiger partial charge in [-0.05, 0) is 37.3 Å². The zero-order valence-corrected chi connectivity index (χ0v) is 14.1. The summed E-state index contributed by atoms with van der Waals surface area (Å²) in [7, 11) is -3.66. The molecule has 21 heavy (non-hydrogen) atoms. The monoisotopic (exact) mass is 344 g/mol. The van der Waals surface area contributed by atoms with Crippen molar-refractivity contribution >= 4 is 33.4 Å². The van der Waals surface area contributed by atoms with Crippen molar-refractivity contribution in [3.63, 3.8) is 0 Å². The van der Waals surface area contributed by atoms with E-state index in [-0.39, 0.29) is 16.0 Å². The van der Waals surface area contributed by atoms with Gasteiger partial charge in [-0.2, -0.15) is 17.0 Å². The Bertz CT molecular complexity index is 655. The summed E-state index contributed by atoms with van der Waals surface area (Å²) in [4.78, 5) is 0.0357. The van der Waals surface area contributed by atoms with Crippen LogP contribution < -0.4 is 4.72 Å². The molecule has 2 atom stereocenters. The Kier molecular flexibility index (Phi) is 5.55. The van der Waals surface area contributed by atoms with Gasteiger partial charge >= 0.3 is 0 Å². The minimum absolute atomic E-state index is 0.0357. The Morgan fingerprint density at radius 1 is 1.38 bits per heavy atom. The minimum atomic E-state index is -3.66. The highest BCUT2D eigenvalue weighted by Crippen LogP contribution is 2.29. The quantitative estimate of drug-likeness (QED) is 0.910. The van der Waals surface area contributed by atoms with Crippen molar-refractivity contribution in [3.8, 4) is 6.07 Å². The molecule has 1 aliphatic carbocycles. The van der Waals surface area contributed by atoms with Crippen molar-refractivity contribution in [1.82, 2.24) is 4.72 Å². The fourth-order valence-electron chi connectivity index (χ4n) is 2.56. The van der Waals surface area contributed by atoms with E-state index in [2.05, 4.69) is 4.72 Å². The first-order valence-corrected chi connectivity index (χ1v) is 9.87. The molecule has 2 rings (SSSR count). The average molecular weight is 345 g/mol. The standard InChI is InChI=1S/C14H17ClN2O2S2/c1-20-13-5-3-2-4-12(13)17-21(18,19)14-7-6-10(9-16)8-11(14)15/h6-8,12-13,17H,2-5H2,1H3. The first-order chi connectivity index (χ1) is 9.97. The minimum Gasteiger partial charge on any atom is -0.207 e. The molecule has 1 aromatic rings. The van der Waals surface area contributed by atoms with E-state index in [4.69, 9.17) is 16.9 Å². The van der Waals surface area contributed by atoms with E-state index in [0.717, 1.165) is 25.7 Å². The highest BCUT2D eigenvalue weighted by molar-refractivity contribution is 7.99. The largest absolute Gasteiger partial charge is 0.242 e. The third-order valence-corrected chi connectivity index (χ3v) is 6.80. The smallest absolute Gasteiger partial charge is 0.207 e. The number of halogens is 1. The van der Waals surface area contributed by atoms with Gasteiger partial charge in [0.15, 0.2) is 0 Å². The van der Waals surface area contributed by atoms with Crippen molar-refractivity contribution < 1.29 is 8.42 Å². The predicted octanol–water partition coefficient (Wildman–Crippen LogP) is 3.16. The molecule has 114 valence electrons. The van der Waals surface area contributed by atoms with Gasteiger partial charge in [0.2, 0.25) is 10.0 Å². The van der Waals surface area contributed by atoms with Crippen LogP contribution in [-0.4, -0.2) is 26.0 Å². The van der Waals surface area contributed by atoms with Gasteiger partial charge in [0, 0.05) is 11.3 Å². The molecule has 1 saturated carbocycles. The second-order valence-corrected chi connectivity index (χ2v) is 8.21. The van der Waals surface area contributed by atoms with E-state index >= 15 is 0 Å². The van der Waals surface area contributed by atoms with Crippen LogP contribution in [-0.2, 0) is 10.0 Å². The van der Waals surface area contributed by atoms with Gasteiger partial charge in [-0.1, -0.05) is 24.4 Å². The highest BCUT2D eigenvalue weighted by Gasteiger charge is 2.29. The van der Waals surface area contributed by atoms with Crippen LogP contribution in [0.4, 0.5) is 0 Å². The fourth-order valence-corrected chi connectivity index (χ4v) is 5.44. The topological polar surface area (TPSA) is 70.0 Å². The fraction of sp³-hybridized carbons (Fsp3) is 0.500. The van der Waals surface area contributed by atoms with Crippen LogP contribution in [0.2, 0.25) is 5.02 Å². The molecule has 1 aromatic carbocycles. The second-order valence-electron chi connectivity index (χ2n) is 5.04. The highest BCUT2D eigenvalue weighted by atomic mass is 35.5. The first-order valence-electron chi connectivity index (χ1n) is 6.72. The van der Waals surface area contributed by atoms with Gasteiger partial charge in [-0.25, -0.2) is 13.1 Å². The van der Waals surface area contributed by atoms with E-state index in [9.17, 15) is 8.42 Å². The molecule has 0 amide bonds. The molecule has 0 aromatic heterocycles. The van der Waals surface area contributed by atoms with Crippen molar-refractivity contribution in [2.45, 2.75) is 41.9 Å². The number of hydrogen-bond donors (Lipinski definition) is 1. The van der Waals surface area contributed by atoms with Crippen LogP contribution in [0.25, 0.3) is 0 Å². The van der Waals surface area contributed by atoms with Gasteiger partial charge in [0.1, 0.15) is 4.90 Å². The normalized spacial score (nSPS) is 22.7. The second kappa shape index (κ2) is 7.01. The number of nitriles is 1. The Balaban J connectivity index is 2.24. The average Bonchev–Trinajstić information content (AvgIpc) is 2.47. The van der Waals surface area contributed by atoms with Crippen LogP contribution in [0.15, 0.2) is 23.1 Å². The van der Waals surface area contributed by atoms with Gasteiger partial charge in [-0.15, -0.1) is 0 Å². The molecule has 4 nitrogen and oxygen atoms in total. The summed E-state index contributed by atoms with van der Waals surface area (Å²) in [6.07, 6.45) is 6.05. The van der Waals surface area contributed by atoms with E-state index in [1.807, 2.05) is 12.3 Å². The summed E-state index contributed by atoms with van der Waals surface area (Å²) in [5, 5.41) is 9.19. The van der Waals surface area contributed by atoms with Crippen LogP contribution >= 0.6 is 23.4 Å². The Morgan fingerprint density at radius 3 is 2.71 bits per heavy atom. The Labute approximate surface area is 134 Å². The molecule has 1 N–H and O–H groups in total. The van der Waals surface area contributed by atoms with E-state index < -0.39 is 10.0 Å². The molecule has 1 aliphatic rings. The van der Waals surface area contributed by atoms with Gasteiger partial charge in [-0.3, -0.25) is 0 Å². The summed E-state index contributed by atoms with van der Waals surface area (Å²) in [6, 6.07) is 6.11. The maximum Gasteiger partial charge on any atom is 0.242 e. The summed E-state index contributed by atoms with van der Waals surface area (Å²) >= 11 is 7.70. The molecule has 0 spiro atoms. The third-order valence-electron chi connectivity index (χ3n) is 3.66. The number of thioether (sulfide) groups is 1. The molecule has 1 fully saturated rings. The molecular formula is C14H17ClN2O2S2. The van der Waals surface area contributed by atoms with Gasteiger partial charge < -0.3 is 0 Å². The molecule has 0 aliphatic heterocycles. The zero-order chi connectivity index (χ0) is 15.5. The van der Waals surface area contributed by atoms with Crippen LogP contribution in [0.5, 0.6) is 0 Å². The number of rotatable bonds is 4. The Hall–Kier alpha value is -0.740. The predicted molar refractivity (Wildman–Crippen MR) is 86.0 cm³/mol. The molecule has 0 saturated heterocycles. The lowest BCUT2D eigenvalue weighted by Crippen LogP contribution is -2.43. The van der Waals surface area contributed by atoms with Crippen molar-refractivity contribution in [2.75, 3.05) is 6.26 Å². The SMILES string of the molecule is CSC1CCCCC1NS(=O)(=O)c1ccc(C#N)cc1Cl. The number of hydrogen-bond acceptors (Lipinski definition) is 4. The van der Waals surface area contributed by atoms with E-state index in [1.165, 1.54) is 18.2 Å². The molecule has 0 bridgehead atoms. The van der Waals surface area contributed by atoms with E-state index in [1.54, 1.807) is 11.8 Å². The van der Waals surface area contributed by atoms with E-state index in [0.29, 0.717) is 10.8 Å². The van der Waals surface area contributed by atoms with Crippen molar-refractivity contribution in [2.24, 2.45) is 0 Å². The van der Waals surface area contributed by atoms with Crippen molar-refractivity contribution in [1.29, 1.82) is 5.26 Å². The summed E-state index contributed by atoms with van der Waals surface area (Å²) < 4.78 is 27.8. The van der Waals surface area contributed by atoms with Gasteiger partial charge in [0.05, 0.1) is 16.7 Å². The molecule has 2 unspecified atom stereocenters. The zero-order valence-electron chi connectivity index (χ0n) is 11.7.